The van der Waals surface area contributed by atoms with Gasteiger partial charge in [-0.25, -0.2) is 12.8 Å². The number of amides is 1. The molecule has 0 aliphatic carbocycles. The van der Waals surface area contributed by atoms with E-state index in [1.165, 1.54) is 28.4 Å². The molecule has 0 bridgehead atoms. The maximum absolute atomic E-state index is 13.3. The molecule has 0 atom stereocenters. The van der Waals surface area contributed by atoms with Gasteiger partial charge >= 0.3 is 0 Å². The largest absolute Gasteiger partial charge is 0.495 e. The van der Waals surface area contributed by atoms with E-state index in [0.717, 1.165) is 5.56 Å². The third-order valence-electron chi connectivity index (χ3n) is 5.82. The molecular weight excluding hydrogens is 419 g/mol. The Kier molecular flexibility index (Phi) is 7.01. The van der Waals surface area contributed by atoms with Crippen molar-refractivity contribution in [1.29, 1.82) is 0 Å². The van der Waals surface area contributed by atoms with Crippen LogP contribution in [0.1, 0.15) is 38.2 Å². The Hall–Kier alpha value is -2.45. The Morgan fingerprint density at radius 2 is 1.74 bits per heavy atom. The molecule has 2 aromatic carbocycles. The number of hydrogen-bond acceptors (Lipinski definition) is 4. The normalized spacial score (nSPS) is 15.8. The van der Waals surface area contributed by atoms with Gasteiger partial charge in [0.05, 0.1) is 7.11 Å². The summed E-state index contributed by atoms with van der Waals surface area (Å²) in [5, 5.41) is 0. The number of carbonyl (C=O) groups is 1. The van der Waals surface area contributed by atoms with Crippen LogP contribution in [0.2, 0.25) is 0 Å². The van der Waals surface area contributed by atoms with E-state index in [9.17, 15) is 17.6 Å². The van der Waals surface area contributed by atoms with Crippen LogP contribution in [-0.4, -0.2) is 45.9 Å². The first-order valence-corrected chi connectivity index (χ1v) is 11.8. The second kappa shape index (κ2) is 9.36. The maximum Gasteiger partial charge on any atom is 0.246 e. The van der Waals surface area contributed by atoms with Crippen LogP contribution >= 0.6 is 0 Å². The summed E-state index contributed by atoms with van der Waals surface area (Å²) in [6, 6.07) is 11.0. The van der Waals surface area contributed by atoms with Crippen molar-refractivity contribution in [2.75, 3.05) is 32.1 Å². The van der Waals surface area contributed by atoms with E-state index in [4.69, 9.17) is 4.74 Å². The molecule has 8 heteroatoms. The first-order chi connectivity index (χ1) is 14.6. The summed E-state index contributed by atoms with van der Waals surface area (Å²) in [5.74, 6) is -0.239. The number of ether oxygens (including phenoxy) is 1. The molecule has 0 spiro atoms. The van der Waals surface area contributed by atoms with Crippen LogP contribution < -0.4 is 9.64 Å². The predicted octanol–water partition coefficient (Wildman–Crippen LogP) is 4.02. The fourth-order valence-electron chi connectivity index (χ4n) is 3.80. The number of sulfonamides is 1. The second-order valence-corrected chi connectivity index (χ2v) is 10.0. The number of methoxy groups -OCH3 is 1. The van der Waals surface area contributed by atoms with E-state index in [0.29, 0.717) is 24.3 Å². The molecule has 1 aliphatic rings. The van der Waals surface area contributed by atoms with Gasteiger partial charge in [0.15, 0.2) is 0 Å². The van der Waals surface area contributed by atoms with Crippen molar-refractivity contribution in [3.05, 3.63) is 53.8 Å². The minimum absolute atomic E-state index is 0.0944. The van der Waals surface area contributed by atoms with Crippen LogP contribution in [0.3, 0.4) is 0 Å². The molecule has 31 heavy (non-hydrogen) atoms. The van der Waals surface area contributed by atoms with Crippen molar-refractivity contribution >= 4 is 21.6 Å². The van der Waals surface area contributed by atoms with Crippen LogP contribution in [0.5, 0.6) is 5.75 Å². The van der Waals surface area contributed by atoms with Gasteiger partial charge in [-0.15, -0.1) is 0 Å². The van der Waals surface area contributed by atoms with Crippen molar-refractivity contribution in [2.45, 2.75) is 37.5 Å². The first kappa shape index (κ1) is 23.2. The monoisotopic (exact) mass is 448 g/mol. The van der Waals surface area contributed by atoms with Crippen LogP contribution in [0.25, 0.3) is 0 Å². The molecule has 1 fully saturated rings. The van der Waals surface area contributed by atoms with Gasteiger partial charge < -0.3 is 9.64 Å². The van der Waals surface area contributed by atoms with Gasteiger partial charge in [-0.1, -0.05) is 19.9 Å². The lowest BCUT2D eigenvalue weighted by molar-refractivity contribution is -0.123. The van der Waals surface area contributed by atoms with Gasteiger partial charge in [0.25, 0.3) is 0 Å². The average Bonchev–Trinajstić information content (AvgIpc) is 2.78. The molecule has 1 amide bonds. The summed E-state index contributed by atoms with van der Waals surface area (Å²) < 4.78 is 46.5. The van der Waals surface area contributed by atoms with E-state index < -0.39 is 10.0 Å². The van der Waals surface area contributed by atoms with Gasteiger partial charge in [-0.05, 0) is 60.7 Å². The molecule has 3 rings (SSSR count). The molecule has 6 nitrogen and oxygen atoms in total. The Morgan fingerprint density at radius 3 is 2.29 bits per heavy atom. The van der Waals surface area contributed by atoms with Crippen molar-refractivity contribution in [3.8, 4) is 5.75 Å². The standard InChI is InChI=1S/C23H29FN2O4S/c1-16(2)18-5-10-21(30-4)22(15-18)31(28,29)26-13-11-17(12-14-26)23(27)25(3)20-8-6-19(24)7-9-20/h5-10,15-17H,11-14H2,1-4H3. The van der Waals surface area contributed by atoms with Gasteiger partial charge in [0.2, 0.25) is 15.9 Å². The number of anilines is 1. The minimum Gasteiger partial charge on any atom is -0.495 e. The average molecular weight is 449 g/mol. The van der Waals surface area contributed by atoms with Gasteiger partial charge in [0, 0.05) is 31.7 Å². The maximum atomic E-state index is 13.3. The molecule has 1 heterocycles. The quantitative estimate of drug-likeness (QED) is 0.669. The van der Waals surface area contributed by atoms with Crippen LogP contribution in [0.15, 0.2) is 47.4 Å². The third kappa shape index (κ3) is 4.91. The van der Waals surface area contributed by atoms with Gasteiger partial charge in [0.1, 0.15) is 16.5 Å². The lowest BCUT2D eigenvalue weighted by atomic mass is 9.96. The van der Waals surface area contributed by atoms with Crippen molar-refractivity contribution < 1.29 is 22.3 Å². The first-order valence-electron chi connectivity index (χ1n) is 10.4. The zero-order chi connectivity index (χ0) is 22.8. The molecule has 0 N–H and O–H groups in total. The summed E-state index contributed by atoms with van der Waals surface area (Å²) in [4.78, 5) is 14.5. The zero-order valence-electron chi connectivity index (χ0n) is 18.3. The van der Waals surface area contributed by atoms with E-state index in [1.54, 1.807) is 31.3 Å². The molecule has 0 saturated carbocycles. The van der Waals surface area contributed by atoms with E-state index >= 15 is 0 Å². The number of piperidine rings is 1. The lowest BCUT2D eigenvalue weighted by Gasteiger charge is -2.33. The topological polar surface area (TPSA) is 66.9 Å². The highest BCUT2D eigenvalue weighted by atomic mass is 32.2. The molecule has 0 aromatic heterocycles. The number of halogens is 1. The molecule has 0 radical (unpaired) electrons. The highest BCUT2D eigenvalue weighted by Crippen LogP contribution is 2.33. The Bertz CT molecular complexity index is 1030. The number of rotatable bonds is 6. The SMILES string of the molecule is COc1ccc(C(C)C)cc1S(=O)(=O)N1CCC(C(=O)N(C)c2ccc(F)cc2)CC1. The lowest BCUT2D eigenvalue weighted by Crippen LogP contribution is -2.43. The third-order valence-corrected chi connectivity index (χ3v) is 7.74. The van der Waals surface area contributed by atoms with Crippen LogP contribution in [0.4, 0.5) is 10.1 Å². The fraction of sp³-hybridized carbons (Fsp3) is 0.435. The summed E-state index contributed by atoms with van der Waals surface area (Å²) >= 11 is 0. The summed E-state index contributed by atoms with van der Waals surface area (Å²) in [7, 11) is -0.634. The number of benzene rings is 2. The van der Waals surface area contributed by atoms with Gasteiger partial charge in [-0.3, -0.25) is 4.79 Å². The highest BCUT2D eigenvalue weighted by molar-refractivity contribution is 7.89. The minimum atomic E-state index is -3.75. The van der Waals surface area contributed by atoms with Crippen LogP contribution in [-0.2, 0) is 14.8 Å². The van der Waals surface area contributed by atoms with Crippen molar-refractivity contribution in [3.63, 3.8) is 0 Å². The Balaban J connectivity index is 1.73. The number of hydrogen-bond donors (Lipinski definition) is 0. The van der Waals surface area contributed by atoms with E-state index in [2.05, 4.69) is 0 Å². The van der Waals surface area contributed by atoms with Gasteiger partial charge in [-0.2, -0.15) is 4.31 Å². The number of carbonyl (C=O) groups excluding carboxylic acids is 1. The smallest absolute Gasteiger partial charge is 0.246 e. The molecule has 1 saturated heterocycles. The summed E-state index contributed by atoms with van der Waals surface area (Å²) in [6.07, 6.45) is 0.853. The molecular formula is C23H29FN2O4S. The second-order valence-electron chi connectivity index (χ2n) is 8.12. The fourth-order valence-corrected chi connectivity index (χ4v) is 5.46. The van der Waals surface area contributed by atoms with Crippen LogP contribution in [0, 0.1) is 11.7 Å². The molecule has 0 unspecified atom stereocenters. The van der Waals surface area contributed by atoms with Crippen molar-refractivity contribution in [1.82, 2.24) is 4.31 Å². The molecule has 168 valence electrons. The number of nitrogens with zero attached hydrogens (tertiary/aromatic N) is 2. The Morgan fingerprint density at radius 1 is 1.13 bits per heavy atom. The molecule has 2 aromatic rings. The van der Waals surface area contributed by atoms with E-state index in [-0.39, 0.29) is 41.5 Å². The predicted molar refractivity (Wildman–Crippen MR) is 118 cm³/mol. The van der Waals surface area contributed by atoms with E-state index in [1.807, 2.05) is 19.9 Å². The molecule has 1 aliphatic heterocycles. The zero-order valence-corrected chi connectivity index (χ0v) is 19.2. The summed E-state index contributed by atoms with van der Waals surface area (Å²) in [6.45, 7) is 4.52. The van der Waals surface area contributed by atoms with Crippen molar-refractivity contribution in [2.24, 2.45) is 5.92 Å². The summed E-state index contributed by atoms with van der Waals surface area (Å²) in [5.41, 5.74) is 1.53. The Labute approximate surface area is 183 Å². The highest BCUT2D eigenvalue weighted by Gasteiger charge is 2.35.